The lowest BCUT2D eigenvalue weighted by atomic mass is 10.1. The second kappa shape index (κ2) is 7.02. The molecule has 0 aliphatic carbocycles. The Balaban J connectivity index is 1.92. The molecule has 4 nitrogen and oxygen atoms in total. The van der Waals surface area contributed by atoms with Gasteiger partial charge in [0.2, 0.25) is 5.95 Å². The first-order valence-electron chi connectivity index (χ1n) is 7.85. The van der Waals surface area contributed by atoms with Gasteiger partial charge in [0, 0.05) is 43.1 Å². The standard InChI is InChI=1S/C16H28N4/c1-16(2,3)19-13-14-11-17-15(18-12-14)20-9-7-5-4-6-8-10-20/h11-12,19H,4-10,13H2,1-3H3. The van der Waals surface area contributed by atoms with E-state index in [2.05, 4.69) is 41.0 Å². The van der Waals surface area contributed by atoms with Crippen molar-refractivity contribution in [3.63, 3.8) is 0 Å². The average molecular weight is 276 g/mol. The van der Waals surface area contributed by atoms with Gasteiger partial charge in [-0.1, -0.05) is 19.3 Å². The van der Waals surface area contributed by atoms with Crippen LogP contribution >= 0.6 is 0 Å². The van der Waals surface area contributed by atoms with Gasteiger partial charge in [0.05, 0.1) is 0 Å². The quantitative estimate of drug-likeness (QED) is 0.921. The Kier molecular flexibility index (Phi) is 5.35. The van der Waals surface area contributed by atoms with Crippen LogP contribution in [0.2, 0.25) is 0 Å². The van der Waals surface area contributed by atoms with Crippen molar-refractivity contribution in [2.45, 2.75) is 65.0 Å². The Hall–Kier alpha value is -1.16. The molecule has 0 atom stereocenters. The third-order valence-corrected chi connectivity index (χ3v) is 3.65. The molecule has 1 fully saturated rings. The molecule has 0 unspecified atom stereocenters. The number of aromatic nitrogens is 2. The minimum atomic E-state index is 0.127. The average Bonchev–Trinajstić information content (AvgIpc) is 2.36. The van der Waals surface area contributed by atoms with E-state index in [0.717, 1.165) is 31.1 Å². The fourth-order valence-corrected chi connectivity index (χ4v) is 2.42. The normalized spacial score (nSPS) is 17.6. The summed E-state index contributed by atoms with van der Waals surface area (Å²) in [6, 6.07) is 0. The number of nitrogens with zero attached hydrogens (tertiary/aromatic N) is 3. The first-order valence-corrected chi connectivity index (χ1v) is 7.85. The maximum atomic E-state index is 4.55. The van der Waals surface area contributed by atoms with Crippen molar-refractivity contribution >= 4 is 5.95 Å². The summed E-state index contributed by atoms with van der Waals surface area (Å²) in [7, 11) is 0. The van der Waals surface area contributed by atoms with Gasteiger partial charge in [0.1, 0.15) is 0 Å². The monoisotopic (exact) mass is 276 g/mol. The van der Waals surface area contributed by atoms with Crippen LogP contribution in [-0.2, 0) is 6.54 Å². The van der Waals surface area contributed by atoms with Crippen LogP contribution in [0.3, 0.4) is 0 Å². The second-order valence-corrected chi connectivity index (χ2v) is 6.75. The van der Waals surface area contributed by atoms with Crippen molar-refractivity contribution in [2.24, 2.45) is 0 Å². The van der Waals surface area contributed by atoms with Crippen LogP contribution in [0.15, 0.2) is 12.4 Å². The molecule has 1 aromatic rings. The van der Waals surface area contributed by atoms with E-state index < -0.39 is 0 Å². The number of rotatable bonds is 3. The summed E-state index contributed by atoms with van der Waals surface area (Å²) >= 11 is 0. The smallest absolute Gasteiger partial charge is 0.225 e. The Morgan fingerprint density at radius 2 is 1.55 bits per heavy atom. The van der Waals surface area contributed by atoms with Crippen molar-refractivity contribution < 1.29 is 0 Å². The zero-order valence-electron chi connectivity index (χ0n) is 13.2. The predicted octanol–water partition coefficient (Wildman–Crippen LogP) is 3.14. The van der Waals surface area contributed by atoms with Crippen LogP contribution < -0.4 is 10.2 Å². The molecule has 0 saturated carbocycles. The summed E-state index contributed by atoms with van der Waals surface area (Å²) in [5, 5.41) is 3.46. The molecular formula is C16H28N4. The summed E-state index contributed by atoms with van der Waals surface area (Å²) in [6.07, 6.45) is 10.5. The van der Waals surface area contributed by atoms with E-state index in [1.165, 1.54) is 32.1 Å². The Labute approximate surface area is 123 Å². The van der Waals surface area contributed by atoms with Gasteiger partial charge < -0.3 is 10.2 Å². The Bertz CT molecular complexity index is 386. The van der Waals surface area contributed by atoms with Gasteiger partial charge in [0.15, 0.2) is 0 Å². The number of anilines is 1. The highest BCUT2D eigenvalue weighted by molar-refractivity contribution is 5.29. The van der Waals surface area contributed by atoms with E-state index in [9.17, 15) is 0 Å². The molecule has 0 amide bonds. The molecule has 112 valence electrons. The van der Waals surface area contributed by atoms with Crippen molar-refractivity contribution in [3.8, 4) is 0 Å². The lowest BCUT2D eigenvalue weighted by molar-refractivity contribution is 0.423. The van der Waals surface area contributed by atoms with Gasteiger partial charge in [-0.25, -0.2) is 9.97 Å². The number of hydrogen-bond acceptors (Lipinski definition) is 4. The van der Waals surface area contributed by atoms with Crippen molar-refractivity contribution in [1.29, 1.82) is 0 Å². The summed E-state index contributed by atoms with van der Waals surface area (Å²) in [5.74, 6) is 0.895. The highest BCUT2D eigenvalue weighted by Crippen LogP contribution is 2.15. The Morgan fingerprint density at radius 1 is 1.00 bits per heavy atom. The van der Waals surface area contributed by atoms with E-state index in [1.807, 2.05) is 12.4 Å². The molecule has 20 heavy (non-hydrogen) atoms. The minimum absolute atomic E-state index is 0.127. The van der Waals surface area contributed by atoms with Gasteiger partial charge in [0.25, 0.3) is 0 Å². The second-order valence-electron chi connectivity index (χ2n) is 6.75. The summed E-state index contributed by atoms with van der Waals surface area (Å²) in [5.41, 5.74) is 1.28. The van der Waals surface area contributed by atoms with Crippen LogP contribution in [0, 0.1) is 0 Å². The first kappa shape index (κ1) is 15.2. The van der Waals surface area contributed by atoms with Gasteiger partial charge in [-0.2, -0.15) is 0 Å². The van der Waals surface area contributed by atoms with Crippen molar-refractivity contribution in [3.05, 3.63) is 18.0 Å². The fraction of sp³-hybridized carbons (Fsp3) is 0.750. The largest absolute Gasteiger partial charge is 0.341 e. The zero-order chi connectivity index (χ0) is 14.4. The third kappa shape index (κ3) is 5.08. The number of nitrogens with one attached hydrogen (secondary N) is 1. The minimum Gasteiger partial charge on any atom is -0.341 e. The van der Waals surface area contributed by atoms with Gasteiger partial charge in [-0.3, -0.25) is 0 Å². The van der Waals surface area contributed by atoms with Crippen molar-refractivity contribution in [1.82, 2.24) is 15.3 Å². The SMILES string of the molecule is CC(C)(C)NCc1cnc(N2CCCCCCC2)nc1. The van der Waals surface area contributed by atoms with E-state index in [1.54, 1.807) is 0 Å². The maximum Gasteiger partial charge on any atom is 0.225 e. The van der Waals surface area contributed by atoms with Crippen LogP contribution in [0.1, 0.15) is 58.4 Å². The lowest BCUT2D eigenvalue weighted by Gasteiger charge is -2.25. The molecule has 1 aromatic heterocycles. The van der Waals surface area contributed by atoms with E-state index in [4.69, 9.17) is 0 Å². The van der Waals surface area contributed by atoms with Crippen LogP contribution in [-0.4, -0.2) is 28.6 Å². The fourth-order valence-electron chi connectivity index (χ4n) is 2.42. The van der Waals surface area contributed by atoms with Gasteiger partial charge >= 0.3 is 0 Å². The van der Waals surface area contributed by atoms with E-state index in [-0.39, 0.29) is 5.54 Å². The van der Waals surface area contributed by atoms with Crippen LogP contribution in [0.4, 0.5) is 5.95 Å². The third-order valence-electron chi connectivity index (χ3n) is 3.65. The summed E-state index contributed by atoms with van der Waals surface area (Å²) < 4.78 is 0. The lowest BCUT2D eigenvalue weighted by Crippen LogP contribution is -2.35. The number of hydrogen-bond donors (Lipinski definition) is 1. The molecule has 1 aliphatic rings. The molecule has 1 N–H and O–H groups in total. The predicted molar refractivity (Wildman–Crippen MR) is 83.9 cm³/mol. The zero-order valence-corrected chi connectivity index (χ0v) is 13.2. The summed E-state index contributed by atoms with van der Waals surface area (Å²) in [4.78, 5) is 11.4. The van der Waals surface area contributed by atoms with E-state index in [0.29, 0.717) is 0 Å². The molecule has 2 rings (SSSR count). The molecule has 1 saturated heterocycles. The topological polar surface area (TPSA) is 41.1 Å². The van der Waals surface area contributed by atoms with Crippen LogP contribution in [0.5, 0.6) is 0 Å². The molecule has 1 aliphatic heterocycles. The highest BCUT2D eigenvalue weighted by Gasteiger charge is 2.12. The molecule has 0 spiro atoms. The molecule has 0 aromatic carbocycles. The van der Waals surface area contributed by atoms with Gasteiger partial charge in [-0.05, 0) is 33.6 Å². The Morgan fingerprint density at radius 3 is 2.10 bits per heavy atom. The molecule has 4 heteroatoms. The molecule has 0 bridgehead atoms. The maximum absolute atomic E-state index is 4.55. The molecule has 2 heterocycles. The first-order chi connectivity index (χ1) is 9.54. The van der Waals surface area contributed by atoms with E-state index >= 15 is 0 Å². The van der Waals surface area contributed by atoms with Crippen molar-refractivity contribution in [2.75, 3.05) is 18.0 Å². The van der Waals surface area contributed by atoms with Crippen LogP contribution in [0.25, 0.3) is 0 Å². The molecular weight excluding hydrogens is 248 g/mol. The van der Waals surface area contributed by atoms with Gasteiger partial charge in [-0.15, -0.1) is 0 Å². The molecule has 0 radical (unpaired) electrons. The highest BCUT2D eigenvalue weighted by atomic mass is 15.2. The summed E-state index contributed by atoms with van der Waals surface area (Å²) in [6.45, 7) is 9.52.